The van der Waals surface area contributed by atoms with Crippen LogP contribution in [-0.4, -0.2) is 29.3 Å². The van der Waals surface area contributed by atoms with Gasteiger partial charge in [-0.1, -0.05) is 0 Å². The molecule has 3 atom stereocenters. The largest absolute Gasteiger partial charge is 0.486 e. The maximum atomic E-state index is 12.0. The number of anilines is 1. The molecule has 0 unspecified atom stereocenters. The van der Waals surface area contributed by atoms with Crippen LogP contribution in [-0.2, 0) is 4.74 Å². The summed E-state index contributed by atoms with van der Waals surface area (Å²) in [4.78, 5) is 24.0. The van der Waals surface area contributed by atoms with Crippen molar-refractivity contribution in [2.45, 2.75) is 37.5 Å². The Balaban J connectivity index is 1.83. The fourth-order valence-electron chi connectivity index (χ4n) is 3.33. The van der Waals surface area contributed by atoms with Gasteiger partial charge < -0.3 is 9.47 Å². The van der Waals surface area contributed by atoms with E-state index in [-0.39, 0.29) is 30.0 Å². The van der Waals surface area contributed by atoms with E-state index in [4.69, 9.17) is 9.47 Å². The molecule has 0 radical (unpaired) electrons. The highest BCUT2D eigenvalue weighted by atomic mass is 16.6. The molecule has 1 amide bonds. The molecule has 0 N–H and O–H groups in total. The molecule has 0 spiro atoms. The second-order valence-corrected chi connectivity index (χ2v) is 5.28. The molecule has 1 aromatic carbocycles. The summed E-state index contributed by atoms with van der Waals surface area (Å²) in [7, 11) is 0. The van der Waals surface area contributed by atoms with Gasteiger partial charge in [-0.15, -0.1) is 0 Å². The number of rotatable bonds is 1. The van der Waals surface area contributed by atoms with Gasteiger partial charge in [0.05, 0.1) is 16.7 Å². The van der Waals surface area contributed by atoms with Crippen LogP contribution in [0.2, 0.25) is 0 Å². The Bertz CT molecular complexity index is 617. The van der Waals surface area contributed by atoms with E-state index < -0.39 is 4.92 Å². The normalized spacial score (nSPS) is 30.1. The van der Waals surface area contributed by atoms with Crippen molar-refractivity contribution in [2.24, 2.45) is 0 Å². The van der Waals surface area contributed by atoms with E-state index in [1.807, 2.05) is 0 Å². The van der Waals surface area contributed by atoms with Gasteiger partial charge in [0.25, 0.3) is 5.69 Å². The summed E-state index contributed by atoms with van der Waals surface area (Å²) in [5, 5.41) is 10.8. The van der Waals surface area contributed by atoms with Crippen molar-refractivity contribution in [3.8, 4) is 5.75 Å². The minimum Gasteiger partial charge on any atom is -0.486 e. The zero-order valence-corrected chi connectivity index (χ0v) is 10.5. The van der Waals surface area contributed by atoms with Crippen LogP contribution >= 0.6 is 0 Å². The number of hydrogen-bond acceptors (Lipinski definition) is 5. The second kappa shape index (κ2) is 3.84. The van der Waals surface area contributed by atoms with Crippen molar-refractivity contribution >= 4 is 17.5 Å². The SMILES string of the molecule is O=C1O[C@H]2CCC[C@H]3Oc4cc([N+](=O)[O-])ccc4N1[C@@H]23. The summed E-state index contributed by atoms with van der Waals surface area (Å²) >= 11 is 0. The third kappa shape index (κ3) is 1.43. The molecule has 1 saturated heterocycles. The minimum atomic E-state index is -0.471. The molecule has 7 heteroatoms. The molecule has 2 heterocycles. The van der Waals surface area contributed by atoms with Crippen LogP contribution in [0.15, 0.2) is 18.2 Å². The average molecular weight is 276 g/mol. The van der Waals surface area contributed by atoms with E-state index in [0.717, 1.165) is 19.3 Å². The number of nitro groups is 1. The molecular formula is C13H12N2O5. The quantitative estimate of drug-likeness (QED) is 0.580. The van der Waals surface area contributed by atoms with Gasteiger partial charge in [-0.25, -0.2) is 4.79 Å². The molecule has 0 aromatic heterocycles. The first-order chi connectivity index (χ1) is 9.65. The summed E-state index contributed by atoms with van der Waals surface area (Å²) in [5.74, 6) is 0.389. The molecule has 4 rings (SSSR count). The van der Waals surface area contributed by atoms with Gasteiger partial charge in [0.2, 0.25) is 0 Å². The topological polar surface area (TPSA) is 81.9 Å². The smallest absolute Gasteiger partial charge is 0.415 e. The van der Waals surface area contributed by atoms with Gasteiger partial charge in [-0.2, -0.15) is 0 Å². The lowest BCUT2D eigenvalue weighted by Crippen LogP contribution is -2.53. The van der Waals surface area contributed by atoms with E-state index >= 15 is 0 Å². The first-order valence-electron chi connectivity index (χ1n) is 6.60. The minimum absolute atomic E-state index is 0.0397. The molecule has 0 bridgehead atoms. The van der Waals surface area contributed by atoms with Gasteiger partial charge in [0.1, 0.15) is 18.2 Å². The van der Waals surface area contributed by atoms with Crippen LogP contribution in [0.5, 0.6) is 5.75 Å². The molecule has 104 valence electrons. The fraction of sp³-hybridized carbons (Fsp3) is 0.462. The Morgan fingerprint density at radius 3 is 2.75 bits per heavy atom. The molecule has 1 saturated carbocycles. The number of carbonyl (C=O) groups excluding carboxylic acids is 1. The van der Waals surface area contributed by atoms with E-state index in [1.54, 1.807) is 11.0 Å². The lowest BCUT2D eigenvalue weighted by atomic mass is 9.88. The van der Waals surface area contributed by atoms with Gasteiger partial charge in [0, 0.05) is 6.07 Å². The number of non-ortho nitro benzene ring substituents is 1. The van der Waals surface area contributed by atoms with Crippen LogP contribution in [0.3, 0.4) is 0 Å². The van der Waals surface area contributed by atoms with E-state index in [0.29, 0.717) is 11.4 Å². The highest BCUT2D eigenvalue weighted by Gasteiger charge is 2.53. The third-order valence-electron chi connectivity index (χ3n) is 4.18. The van der Waals surface area contributed by atoms with E-state index in [1.165, 1.54) is 12.1 Å². The number of ether oxygens (including phenoxy) is 2. The summed E-state index contributed by atoms with van der Waals surface area (Å²) in [5.41, 5.74) is 0.522. The Hall–Kier alpha value is -2.31. The predicted octanol–water partition coefficient (Wildman–Crippen LogP) is 2.23. The molecular weight excluding hydrogens is 264 g/mol. The maximum absolute atomic E-state index is 12.0. The van der Waals surface area contributed by atoms with Crippen LogP contribution in [0.4, 0.5) is 16.2 Å². The van der Waals surface area contributed by atoms with Gasteiger partial charge in [-0.3, -0.25) is 15.0 Å². The maximum Gasteiger partial charge on any atom is 0.415 e. The predicted molar refractivity (Wildman–Crippen MR) is 67.9 cm³/mol. The number of fused-ring (bicyclic) bond motifs is 2. The molecule has 2 aliphatic heterocycles. The summed E-state index contributed by atoms with van der Waals surface area (Å²) < 4.78 is 11.3. The average Bonchev–Trinajstić information content (AvgIpc) is 2.77. The standard InChI is InChI=1S/C13H12N2O5/c16-13-14-8-5-4-7(15(17)18)6-11(8)19-9-2-1-3-10(20-13)12(9)14/h4-6,9-10,12H,1-3H2/t9-,10+,12-/m1/s1. The summed E-state index contributed by atoms with van der Waals surface area (Å²) in [6, 6.07) is 4.21. The first-order valence-corrected chi connectivity index (χ1v) is 6.60. The van der Waals surface area contributed by atoms with E-state index in [9.17, 15) is 14.9 Å². The Labute approximate surface area is 114 Å². The number of carbonyl (C=O) groups is 1. The lowest BCUT2D eigenvalue weighted by molar-refractivity contribution is -0.385. The molecule has 7 nitrogen and oxygen atoms in total. The number of nitrogens with zero attached hydrogens (tertiary/aromatic N) is 2. The van der Waals surface area contributed by atoms with Crippen molar-refractivity contribution < 1.29 is 19.2 Å². The van der Waals surface area contributed by atoms with E-state index in [2.05, 4.69) is 0 Å². The summed E-state index contributed by atoms with van der Waals surface area (Å²) in [6.07, 6.45) is 1.94. The number of amides is 1. The van der Waals surface area contributed by atoms with Crippen molar-refractivity contribution in [2.75, 3.05) is 4.90 Å². The second-order valence-electron chi connectivity index (χ2n) is 5.28. The van der Waals surface area contributed by atoms with Crippen molar-refractivity contribution in [1.82, 2.24) is 0 Å². The van der Waals surface area contributed by atoms with Gasteiger partial charge >= 0.3 is 6.09 Å². The Kier molecular flexibility index (Phi) is 2.21. The first kappa shape index (κ1) is 11.5. The molecule has 20 heavy (non-hydrogen) atoms. The van der Waals surface area contributed by atoms with Crippen LogP contribution in [0.25, 0.3) is 0 Å². The van der Waals surface area contributed by atoms with Crippen molar-refractivity contribution in [3.63, 3.8) is 0 Å². The van der Waals surface area contributed by atoms with Crippen LogP contribution < -0.4 is 9.64 Å². The molecule has 1 aromatic rings. The molecule has 2 fully saturated rings. The zero-order valence-electron chi connectivity index (χ0n) is 10.5. The lowest BCUT2D eigenvalue weighted by Gasteiger charge is -2.40. The van der Waals surface area contributed by atoms with Crippen molar-refractivity contribution in [3.05, 3.63) is 28.3 Å². The van der Waals surface area contributed by atoms with Gasteiger partial charge in [0.15, 0.2) is 5.75 Å². The molecule has 3 aliphatic rings. The van der Waals surface area contributed by atoms with Crippen LogP contribution in [0.1, 0.15) is 19.3 Å². The van der Waals surface area contributed by atoms with Crippen LogP contribution in [0, 0.1) is 10.1 Å². The summed E-state index contributed by atoms with van der Waals surface area (Å²) in [6.45, 7) is 0. The Morgan fingerprint density at radius 1 is 1.25 bits per heavy atom. The van der Waals surface area contributed by atoms with Gasteiger partial charge in [-0.05, 0) is 25.3 Å². The third-order valence-corrected chi connectivity index (χ3v) is 4.18. The highest BCUT2D eigenvalue weighted by Crippen LogP contribution is 2.46. The number of hydrogen-bond donors (Lipinski definition) is 0. The zero-order chi connectivity index (χ0) is 13.9. The van der Waals surface area contributed by atoms with Crippen molar-refractivity contribution in [1.29, 1.82) is 0 Å². The molecule has 1 aliphatic carbocycles. The monoisotopic (exact) mass is 276 g/mol. The number of nitro benzene ring substituents is 1. The highest BCUT2D eigenvalue weighted by molar-refractivity contribution is 5.93. The Morgan fingerprint density at radius 2 is 2.00 bits per heavy atom. The number of benzene rings is 1. The fourth-order valence-corrected chi connectivity index (χ4v) is 3.33.